The summed E-state index contributed by atoms with van der Waals surface area (Å²) in [6.45, 7) is 0.813. The topological polar surface area (TPSA) is 35.2 Å². The quantitative estimate of drug-likeness (QED) is 0.926. The zero-order chi connectivity index (χ0) is 12.5. The van der Waals surface area contributed by atoms with Gasteiger partial charge >= 0.3 is 0 Å². The molecule has 0 bridgehead atoms. The molecular formula is C14H18BrNOS. The van der Waals surface area contributed by atoms with Gasteiger partial charge in [0.05, 0.1) is 6.61 Å². The molecule has 98 valence electrons. The molecule has 2 nitrogen and oxygen atoms in total. The Morgan fingerprint density at radius 3 is 3.17 bits per heavy atom. The number of halogens is 1. The van der Waals surface area contributed by atoms with Crippen LogP contribution in [0.25, 0.3) is 0 Å². The van der Waals surface area contributed by atoms with Crippen molar-refractivity contribution >= 4 is 27.7 Å². The highest BCUT2D eigenvalue weighted by atomic mass is 79.9. The highest BCUT2D eigenvalue weighted by Crippen LogP contribution is 2.35. The maximum absolute atomic E-state index is 6.37. The number of nitrogens with two attached hydrogens (primary N) is 1. The van der Waals surface area contributed by atoms with E-state index in [0.29, 0.717) is 5.92 Å². The highest BCUT2D eigenvalue weighted by molar-refractivity contribution is 9.10. The first-order valence-corrected chi connectivity index (χ1v) is 8.46. The van der Waals surface area contributed by atoms with E-state index < -0.39 is 0 Å². The van der Waals surface area contributed by atoms with Crippen LogP contribution in [0.2, 0.25) is 0 Å². The van der Waals surface area contributed by atoms with Crippen molar-refractivity contribution in [2.75, 3.05) is 18.1 Å². The van der Waals surface area contributed by atoms with Crippen molar-refractivity contribution in [1.82, 2.24) is 0 Å². The number of benzene rings is 1. The van der Waals surface area contributed by atoms with Crippen molar-refractivity contribution in [2.45, 2.75) is 25.3 Å². The molecule has 2 unspecified atom stereocenters. The van der Waals surface area contributed by atoms with Gasteiger partial charge in [0.25, 0.3) is 0 Å². The minimum absolute atomic E-state index is 0.266. The van der Waals surface area contributed by atoms with E-state index in [1.807, 2.05) is 11.8 Å². The van der Waals surface area contributed by atoms with E-state index in [9.17, 15) is 0 Å². The Balaban J connectivity index is 1.79. The average molecular weight is 328 g/mol. The SMILES string of the molecule is NC(Cc1cc(Br)cc2c1OCC2)C1CCSC1. The monoisotopic (exact) mass is 327 g/mol. The molecule has 1 saturated heterocycles. The number of hydrogen-bond acceptors (Lipinski definition) is 3. The van der Waals surface area contributed by atoms with Gasteiger partial charge in [-0.25, -0.2) is 0 Å². The predicted octanol–water partition coefficient (Wildman–Crippen LogP) is 3.01. The van der Waals surface area contributed by atoms with E-state index in [-0.39, 0.29) is 6.04 Å². The minimum Gasteiger partial charge on any atom is -0.493 e. The number of thioether (sulfide) groups is 1. The Labute approximate surface area is 121 Å². The summed E-state index contributed by atoms with van der Waals surface area (Å²) < 4.78 is 6.91. The van der Waals surface area contributed by atoms with Crippen LogP contribution in [-0.2, 0) is 12.8 Å². The lowest BCUT2D eigenvalue weighted by atomic mass is 9.92. The molecule has 0 saturated carbocycles. The summed E-state index contributed by atoms with van der Waals surface area (Å²) in [6.07, 6.45) is 3.23. The largest absolute Gasteiger partial charge is 0.493 e. The molecule has 1 aromatic rings. The molecule has 0 radical (unpaired) electrons. The van der Waals surface area contributed by atoms with Crippen LogP contribution in [0.5, 0.6) is 5.75 Å². The van der Waals surface area contributed by atoms with Gasteiger partial charge in [-0.05, 0) is 53.5 Å². The van der Waals surface area contributed by atoms with Gasteiger partial charge in [0.15, 0.2) is 0 Å². The van der Waals surface area contributed by atoms with Gasteiger partial charge in [-0.1, -0.05) is 15.9 Å². The molecule has 2 atom stereocenters. The second-order valence-corrected chi connectivity index (χ2v) is 7.21. The van der Waals surface area contributed by atoms with Gasteiger partial charge in [0.2, 0.25) is 0 Å². The molecule has 18 heavy (non-hydrogen) atoms. The molecule has 2 heterocycles. The normalized spacial score (nSPS) is 23.8. The van der Waals surface area contributed by atoms with Crippen molar-refractivity contribution in [3.05, 3.63) is 27.7 Å². The summed E-state index contributed by atoms with van der Waals surface area (Å²) in [4.78, 5) is 0. The summed E-state index contributed by atoms with van der Waals surface area (Å²) in [7, 11) is 0. The zero-order valence-corrected chi connectivity index (χ0v) is 12.7. The summed E-state index contributed by atoms with van der Waals surface area (Å²) in [5, 5.41) is 0. The molecule has 2 aliphatic heterocycles. The van der Waals surface area contributed by atoms with E-state index in [1.54, 1.807) is 0 Å². The van der Waals surface area contributed by atoms with Gasteiger partial charge in [-0.2, -0.15) is 11.8 Å². The molecule has 2 N–H and O–H groups in total. The van der Waals surface area contributed by atoms with E-state index in [0.717, 1.165) is 29.7 Å². The Morgan fingerprint density at radius 2 is 2.39 bits per heavy atom. The Bertz CT molecular complexity index is 446. The lowest BCUT2D eigenvalue weighted by Crippen LogP contribution is -2.32. The molecule has 0 spiro atoms. The van der Waals surface area contributed by atoms with Crippen molar-refractivity contribution < 1.29 is 4.74 Å². The maximum Gasteiger partial charge on any atom is 0.125 e. The standard InChI is InChI=1S/C14H18BrNOS/c15-12-5-9-1-3-17-14(9)11(6-12)7-13(16)10-2-4-18-8-10/h5-6,10,13H,1-4,7-8,16H2. The number of hydrogen-bond donors (Lipinski definition) is 1. The first-order valence-electron chi connectivity index (χ1n) is 6.51. The second kappa shape index (κ2) is 5.43. The van der Waals surface area contributed by atoms with Crippen LogP contribution in [0.15, 0.2) is 16.6 Å². The van der Waals surface area contributed by atoms with Gasteiger partial charge in [-0.3, -0.25) is 0 Å². The van der Waals surface area contributed by atoms with Crippen LogP contribution in [0.1, 0.15) is 17.5 Å². The Morgan fingerprint density at radius 1 is 1.50 bits per heavy atom. The van der Waals surface area contributed by atoms with Gasteiger partial charge < -0.3 is 10.5 Å². The van der Waals surface area contributed by atoms with E-state index in [2.05, 4.69) is 28.1 Å². The van der Waals surface area contributed by atoms with Crippen molar-refractivity contribution in [2.24, 2.45) is 11.7 Å². The minimum atomic E-state index is 0.266. The van der Waals surface area contributed by atoms with Crippen LogP contribution >= 0.6 is 27.7 Å². The van der Waals surface area contributed by atoms with Crippen LogP contribution < -0.4 is 10.5 Å². The lowest BCUT2D eigenvalue weighted by molar-refractivity contribution is 0.350. The second-order valence-electron chi connectivity index (χ2n) is 5.14. The molecular weight excluding hydrogens is 310 g/mol. The van der Waals surface area contributed by atoms with Crippen LogP contribution in [0.3, 0.4) is 0 Å². The lowest BCUT2D eigenvalue weighted by Gasteiger charge is -2.19. The van der Waals surface area contributed by atoms with Gasteiger partial charge in [0.1, 0.15) is 5.75 Å². The molecule has 0 aliphatic carbocycles. The fourth-order valence-corrected chi connectivity index (χ4v) is 4.71. The average Bonchev–Trinajstić information content (AvgIpc) is 2.98. The van der Waals surface area contributed by atoms with E-state index in [1.165, 1.54) is 29.1 Å². The summed E-state index contributed by atoms with van der Waals surface area (Å²) in [5.41, 5.74) is 8.98. The first-order chi connectivity index (χ1) is 8.74. The molecule has 2 aliphatic rings. The molecule has 0 amide bonds. The van der Waals surface area contributed by atoms with Crippen LogP contribution in [0, 0.1) is 5.92 Å². The molecule has 1 aromatic carbocycles. The Hall–Kier alpha value is -0.190. The van der Waals surface area contributed by atoms with Gasteiger partial charge in [0, 0.05) is 16.9 Å². The summed E-state index contributed by atoms with van der Waals surface area (Å²) >= 11 is 5.62. The van der Waals surface area contributed by atoms with Crippen molar-refractivity contribution in [3.63, 3.8) is 0 Å². The first kappa shape index (κ1) is 12.8. The fourth-order valence-electron chi connectivity index (χ4n) is 2.81. The third-order valence-electron chi connectivity index (χ3n) is 3.85. The molecule has 4 heteroatoms. The number of ether oxygens (including phenoxy) is 1. The molecule has 1 fully saturated rings. The number of fused-ring (bicyclic) bond motifs is 1. The fraction of sp³-hybridized carbons (Fsp3) is 0.571. The van der Waals surface area contributed by atoms with Gasteiger partial charge in [-0.15, -0.1) is 0 Å². The number of rotatable bonds is 3. The maximum atomic E-state index is 6.37. The van der Waals surface area contributed by atoms with Crippen LogP contribution in [-0.4, -0.2) is 24.2 Å². The molecule has 3 rings (SSSR count). The van der Waals surface area contributed by atoms with Crippen molar-refractivity contribution in [3.8, 4) is 5.75 Å². The zero-order valence-electron chi connectivity index (χ0n) is 10.3. The predicted molar refractivity (Wildman–Crippen MR) is 80.5 cm³/mol. The van der Waals surface area contributed by atoms with Crippen LogP contribution in [0.4, 0.5) is 0 Å². The third kappa shape index (κ3) is 2.56. The Kier molecular flexibility index (Phi) is 3.87. The van der Waals surface area contributed by atoms with E-state index >= 15 is 0 Å². The van der Waals surface area contributed by atoms with Crippen molar-refractivity contribution in [1.29, 1.82) is 0 Å². The molecule has 0 aromatic heterocycles. The highest BCUT2D eigenvalue weighted by Gasteiger charge is 2.25. The van der Waals surface area contributed by atoms with E-state index in [4.69, 9.17) is 10.5 Å². The third-order valence-corrected chi connectivity index (χ3v) is 5.50. The smallest absolute Gasteiger partial charge is 0.125 e. The summed E-state index contributed by atoms with van der Waals surface area (Å²) in [6, 6.07) is 4.61. The summed E-state index contributed by atoms with van der Waals surface area (Å²) in [5.74, 6) is 4.26.